The van der Waals surface area contributed by atoms with Crippen LogP contribution >= 0.6 is 0 Å². The lowest BCUT2D eigenvalue weighted by Crippen LogP contribution is -2.29. The highest BCUT2D eigenvalue weighted by Crippen LogP contribution is 2.28. The smallest absolute Gasteiger partial charge is 0.324 e. The van der Waals surface area contributed by atoms with E-state index in [1.165, 1.54) is 41.6 Å². The summed E-state index contributed by atoms with van der Waals surface area (Å²) in [7, 11) is 0. The Hall–Kier alpha value is -4.41. The van der Waals surface area contributed by atoms with Gasteiger partial charge in [-0.25, -0.2) is 18.6 Å². The van der Waals surface area contributed by atoms with E-state index in [0.29, 0.717) is 11.3 Å². The molecule has 2 heterocycles. The Kier molecular flexibility index (Phi) is 6.67. The molecule has 0 radical (unpaired) electrons. The molecule has 35 heavy (non-hydrogen) atoms. The SMILES string of the molecule is Cc1ccc(N2C[C@@H](C(=O)Nc3cc(NC(=O)Cn4cccnc4=O)ccc3F)CC2=O)cc1F. The zero-order valence-corrected chi connectivity index (χ0v) is 18.6. The minimum Gasteiger partial charge on any atom is -0.324 e. The van der Waals surface area contributed by atoms with Crippen LogP contribution in [0.2, 0.25) is 0 Å². The largest absolute Gasteiger partial charge is 0.347 e. The van der Waals surface area contributed by atoms with Gasteiger partial charge < -0.3 is 15.5 Å². The van der Waals surface area contributed by atoms with E-state index in [0.717, 1.165) is 10.6 Å². The topological polar surface area (TPSA) is 113 Å². The number of nitrogens with zero attached hydrogens (tertiary/aromatic N) is 3. The highest BCUT2D eigenvalue weighted by Gasteiger charge is 2.35. The number of hydrogen-bond donors (Lipinski definition) is 2. The average molecular weight is 481 g/mol. The van der Waals surface area contributed by atoms with Gasteiger partial charge in [-0.3, -0.25) is 19.0 Å². The Morgan fingerprint density at radius 2 is 1.89 bits per heavy atom. The monoisotopic (exact) mass is 481 g/mol. The number of hydrogen-bond acceptors (Lipinski definition) is 5. The first kappa shape index (κ1) is 23.7. The summed E-state index contributed by atoms with van der Waals surface area (Å²) in [5.74, 6) is -3.45. The summed E-state index contributed by atoms with van der Waals surface area (Å²) >= 11 is 0. The number of carbonyl (C=O) groups is 3. The normalized spacial score (nSPS) is 15.2. The maximum Gasteiger partial charge on any atom is 0.347 e. The van der Waals surface area contributed by atoms with Crippen LogP contribution in [0.3, 0.4) is 0 Å². The highest BCUT2D eigenvalue weighted by atomic mass is 19.1. The van der Waals surface area contributed by atoms with E-state index in [9.17, 15) is 28.0 Å². The Balaban J connectivity index is 1.42. The van der Waals surface area contributed by atoms with Crippen molar-refractivity contribution in [2.75, 3.05) is 22.1 Å². The average Bonchev–Trinajstić information content (AvgIpc) is 3.21. The summed E-state index contributed by atoms with van der Waals surface area (Å²) in [5.41, 5.74) is 0.200. The van der Waals surface area contributed by atoms with Crippen molar-refractivity contribution < 1.29 is 23.2 Å². The molecule has 0 unspecified atom stereocenters. The van der Waals surface area contributed by atoms with E-state index in [1.807, 2.05) is 0 Å². The second-order valence-electron chi connectivity index (χ2n) is 8.10. The third kappa shape index (κ3) is 5.40. The number of carbonyl (C=O) groups excluding carboxylic acids is 3. The molecule has 180 valence electrons. The number of anilines is 3. The fourth-order valence-corrected chi connectivity index (χ4v) is 3.68. The maximum atomic E-state index is 14.4. The van der Waals surface area contributed by atoms with E-state index in [4.69, 9.17) is 0 Å². The van der Waals surface area contributed by atoms with Crippen LogP contribution in [0.5, 0.6) is 0 Å². The first-order chi connectivity index (χ1) is 16.7. The molecule has 2 aromatic carbocycles. The van der Waals surface area contributed by atoms with Gasteiger partial charge in [0.1, 0.15) is 18.2 Å². The lowest BCUT2D eigenvalue weighted by atomic mass is 10.1. The fraction of sp³-hybridized carbons (Fsp3) is 0.208. The first-order valence-corrected chi connectivity index (χ1v) is 10.7. The minimum atomic E-state index is -0.776. The van der Waals surface area contributed by atoms with Gasteiger partial charge in [0.2, 0.25) is 17.7 Å². The Labute approximate surface area is 198 Å². The molecule has 11 heteroatoms. The van der Waals surface area contributed by atoms with Gasteiger partial charge in [0, 0.05) is 36.7 Å². The standard InChI is InChI=1S/C24H21F2N5O4/c1-14-3-5-17(11-19(14)26)31-12-15(9-22(31)33)23(34)29-20-10-16(4-6-18(20)25)28-21(32)13-30-8-2-7-27-24(30)35/h2-8,10-11,15H,9,12-13H2,1H3,(H,28,32)(H,29,34)/t15-/m0/s1. The summed E-state index contributed by atoms with van der Waals surface area (Å²) in [6.45, 7) is 1.32. The molecule has 2 N–H and O–H groups in total. The van der Waals surface area contributed by atoms with Gasteiger partial charge in [0.15, 0.2) is 0 Å². The van der Waals surface area contributed by atoms with Gasteiger partial charge in [-0.15, -0.1) is 0 Å². The van der Waals surface area contributed by atoms with Crippen LogP contribution in [0.15, 0.2) is 59.7 Å². The molecule has 9 nitrogen and oxygen atoms in total. The van der Waals surface area contributed by atoms with Gasteiger partial charge in [-0.05, 0) is 48.9 Å². The van der Waals surface area contributed by atoms with Crippen LogP contribution in [-0.2, 0) is 20.9 Å². The molecule has 4 rings (SSSR count). The molecule has 0 aliphatic carbocycles. The Bertz CT molecular complexity index is 1370. The molecule has 1 aliphatic rings. The molecule has 0 saturated carbocycles. The maximum absolute atomic E-state index is 14.4. The molecule has 0 bridgehead atoms. The second kappa shape index (κ2) is 9.84. The van der Waals surface area contributed by atoms with E-state index < -0.39 is 35.1 Å². The van der Waals surface area contributed by atoms with Gasteiger partial charge in [0.05, 0.1) is 11.6 Å². The third-order valence-corrected chi connectivity index (χ3v) is 5.57. The molecule has 3 aromatic rings. The van der Waals surface area contributed by atoms with Crippen molar-refractivity contribution in [3.63, 3.8) is 0 Å². The van der Waals surface area contributed by atoms with Crippen molar-refractivity contribution in [3.8, 4) is 0 Å². The summed E-state index contributed by atoms with van der Waals surface area (Å²) in [6.07, 6.45) is 2.60. The number of amides is 3. The minimum absolute atomic E-state index is 0.0189. The molecule has 1 saturated heterocycles. The predicted molar refractivity (Wildman–Crippen MR) is 124 cm³/mol. The van der Waals surface area contributed by atoms with Gasteiger partial charge in [0.25, 0.3) is 0 Å². The van der Waals surface area contributed by atoms with Gasteiger partial charge in [-0.2, -0.15) is 0 Å². The van der Waals surface area contributed by atoms with Crippen LogP contribution < -0.4 is 21.2 Å². The van der Waals surface area contributed by atoms with Crippen molar-refractivity contribution in [2.24, 2.45) is 5.92 Å². The fourth-order valence-electron chi connectivity index (χ4n) is 3.68. The molecular formula is C24H21F2N5O4. The first-order valence-electron chi connectivity index (χ1n) is 10.7. The number of rotatable bonds is 6. The third-order valence-electron chi connectivity index (χ3n) is 5.57. The number of halogens is 2. The van der Waals surface area contributed by atoms with Crippen LogP contribution in [-0.4, -0.2) is 33.8 Å². The van der Waals surface area contributed by atoms with E-state index in [2.05, 4.69) is 15.6 Å². The molecule has 1 atom stereocenters. The summed E-state index contributed by atoms with van der Waals surface area (Å²) in [4.78, 5) is 54.0. The van der Waals surface area contributed by atoms with Crippen molar-refractivity contribution in [1.29, 1.82) is 0 Å². The molecule has 1 aromatic heterocycles. The van der Waals surface area contributed by atoms with E-state index >= 15 is 0 Å². The number of aromatic nitrogens is 2. The molecular weight excluding hydrogens is 460 g/mol. The van der Waals surface area contributed by atoms with Gasteiger partial charge >= 0.3 is 5.69 Å². The highest BCUT2D eigenvalue weighted by molar-refractivity contribution is 6.03. The Morgan fingerprint density at radius 3 is 2.63 bits per heavy atom. The Morgan fingerprint density at radius 1 is 1.09 bits per heavy atom. The second-order valence-corrected chi connectivity index (χ2v) is 8.10. The zero-order valence-electron chi connectivity index (χ0n) is 18.6. The molecule has 1 aliphatic heterocycles. The lowest BCUT2D eigenvalue weighted by Gasteiger charge is -2.17. The summed E-state index contributed by atoms with van der Waals surface area (Å²) < 4.78 is 29.4. The predicted octanol–water partition coefficient (Wildman–Crippen LogP) is 2.46. The number of nitrogens with one attached hydrogen (secondary N) is 2. The number of aryl methyl sites for hydroxylation is 1. The van der Waals surface area contributed by atoms with Crippen LogP contribution in [0.1, 0.15) is 12.0 Å². The van der Waals surface area contributed by atoms with E-state index in [-0.39, 0.29) is 36.8 Å². The molecule has 0 spiro atoms. The van der Waals surface area contributed by atoms with Crippen molar-refractivity contribution >= 4 is 34.8 Å². The van der Waals surface area contributed by atoms with Crippen molar-refractivity contribution in [1.82, 2.24) is 9.55 Å². The van der Waals surface area contributed by atoms with Crippen LogP contribution in [0.25, 0.3) is 0 Å². The molecule has 3 amide bonds. The number of benzene rings is 2. The van der Waals surface area contributed by atoms with Crippen molar-refractivity contribution in [2.45, 2.75) is 19.9 Å². The summed E-state index contributed by atoms with van der Waals surface area (Å²) in [6, 6.07) is 9.50. The van der Waals surface area contributed by atoms with Crippen LogP contribution in [0, 0.1) is 24.5 Å². The zero-order chi connectivity index (χ0) is 25.1. The summed E-state index contributed by atoms with van der Waals surface area (Å²) in [5, 5.41) is 4.99. The van der Waals surface area contributed by atoms with Crippen LogP contribution in [0.4, 0.5) is 25.8 Å². The lowest BCUT2D eigenvalue weighted by molar-refractivity contribution is -0.122. The van der Waals surface area contributed by atoms with Gasteiger partial charge in [-0.1, -0.05) is 6.07 Å². The quantitative estimate of drug-likeness (QED) is 0.562. The van der Waals surface area contributed by atoms with E-state index in [1.54, 1.807) is 19.1 Å². The molecule has 1 fully saturated rings. The van der Waals surface area contributed by atoms with Crippen molar-refractivity contribution in [3.05, 3.63) is 82.5 Å².